The van der Waals surface area contributed by atoms with Crippen LogP contribution in [0.2, 0.25) is 0 Å². The number of hydrogen-bond acceptors (Lipinski definition) is 3. The number of ketones is 2. The topological polar surface area (TPSA) is 43.4 Å². The van der Waals surface area contributed by atoms with Crippen LogP contribution < -0.4 is 0 Å². The van der Waals surface area contributed by atoms with Gasteiger partial charge in [0.15, 0.2) is 0 Å². The summed E-state index contributed by atoms with van der Waals surface area (Å²) in [6, 6.07) is 0. The SMILES string of the molecule is COCCCC(=O)CCC(=O)CCCC(C)(C)C. The number of hydrogen-bond donors (Lipinski definition) is 0. The largest absolute Gasteiger partial charge is 0.385 e. The molecule has 0 aliphatic heterocycles. The van der Waals surface area contributed by atoms with Gasteiger partial charge in [-0.05, 0) is 24.7 Å². The Morgan fingerprint density at radius 3 is 1.83 bits per heavy atom. The molecule has 0 fully saturated rings. The van der Waals surface area contributed by atoms with Crippen molar-refractivity contribution in [2.24, 2.45) is 5.41 Å². The Hall–Kier alpha value is -0.700. The summed E-state index contributed by atoms with van der Waals surface area (Å²) in [6.45, 7) is 7.15. The number of carbonyl (C=O) groups is 2. The molecule has 0 heterocycles. The van der Waals surface area contributed by atoms with Crippen LogP contribution in [0.15, 0.2) is 0 Å². The zero-order valence-corrected chi connectivity index (χ0v) is 12.4. The summed E-state index contributed by atoms with van der Waals surface area (Å²) in [4.78, 5) is 23.0. The van der Waals surface area contributed by atoms with E-state index in [9.17, 15) is 9.59 Å². The third kappa shape index (κ3) is 11.8. The fourth-order valence-corrected chi connectivity index (χ4v) is 1.76. The first-order valence-electron chi connectivity index (χ1n) is 6.87. The van der Waals surface area contributed by atoms with Gasteiger partial charge in [-0.15, -0.1) is 0 Å². The second-order valence-corrected chi connectivity index (χ2v) is 6.09. The number of ether oxygens (including phenoxy) is 1. The predicted octanol–water partition coefficient (Wildman–Crippen LogP) is 3.55. The zero-order valence-electron chi connectivity index (χ0n) is 12.4. The molecular weight excluding hydrogens is 228 g/mol. The maximum Gasteiger partial charge on any atom is 0.133 e. The minimum absolute atomic E-state index is 0.177. The van der Waals surface area contributed by atoms with Crippen molar-refractivity contribution in [1.29, 1.82) is 0 Å². The van der Waals surface area contributed by atoms with Gasteiger partial charge in [0.1, 0.15) is 11.6 Å². The van der Waals surface area contributed by atoms with Crippen molar-refractivity contribution in [2.45, 2.75) is 65.7 Å². The van der Waals surface area contributed by atoms with E-state index >= 15 is 0 Å². The molecule has 0 aromatic carbocycles. The summed E-state index contributed by atoms with van der Waals surface area (Å²) >= 11 is 0. The van der Waals surface area contributed by atoms with E-state index in [-0.39, 0.29) is 17.0 Å². The van der Waals surface area contributed by atoms with Crippen LogP contribution in [0.4, 0.5) is 0 Å². The second-order valence-electron chi connectivity index (χ2n) is 6.09. The number of methoxy groups -OCH3 is 1. The van der Waals surface area contributed by atoms with Crippen molar-refractivity contribution in [3.63, 3.8) is 0 Å². The average Bonchev–Trinajstić information content (AvgIpc) is 2.25. The minimum atomic E-state index is 0.177. The zero-order chi connectivity index (χ0) is 14.0. The molecule has 3 nitrogen and oxygen atoms in total. The fraction of sp³-hybridized carbons (Fsp3) is 0.867. The molecule has 0 amide bonds. The van der Waals surface area contributed by atoms with Crippen LogP contribution in [-0.2, 0) is 14.3 Å². The van der Waals surface area contributed by atoms with E-state index in [1.165, 1.54) is 0 Å². The summed E-state index contributed by atoms with van der Waals surface area (Å²) in [5.41, 5.74) is 0.288. The summed E-state index contributed by atoms with van der Waals surface area (Å²) in [5, 5.41) is 0. The Balaban J connectivity index is 3.55. The van der Waals surface area contributed by atoms with Crippen LogP contribution in [0, 0.1) is 5.41 Å². The fourth-order valence-electron chi connectivity index (χ4n) is 1.76. The molecule has 0 N–H and O–H groups in total. The normalized spacial score (nSPS) is 11.6. The van der Waals surface area contributed by atoms with E-state index in [2.05, 4.69) is 20.8 Å². The lowest BCUT2D eigenvalue weighted by molar-refractivity contribution is -0.124. The van der Waals surface area contributed by atoms with E-state index in [4.69, 9.17) is 4.74 Å². The first-order valence-corrected chi connectivity index (χ1v) is 6.87. The number of Topliss-reactive ketones (excluding diaryl/α,β-unsaturated/α-hetero) is 2. The van der Waals surface area contributed by atoms with E-state index in [0.29, 0.717) is 32.3 Å². The van der Waals surface area contributed by atoms with E-state index in [0.717, 1.165) is 19.3 Å². The van der Waals surface area contributed by atoms with E-state index < -0.39 is 0 Å². The maximum atomic E-state index is 11.6. The molecule has 0 rings (SSSR count). The maximum absolute atomic E-state index is 11.6. The highest BCUT2D eigenvalue weighted by molar-refractivity contribution is 5.85. The Labute approximate surface area is 111 Å². The molecule has 0 atom stereocenters. The minimum Gasteiger partial charge on any atom is -0.385 e. The quantitative estimate of drug-likeness (QED) is 0.561. The predicted molar refractivity (Wildman–Crippen MR) is 73.7 cm³/mol. The lowest BCUT2D eigenvalue weighted by atomic mass is 9.89. The van der Waals surface area contributed by atoms with Crippen LogP contribution in [0.3, 0.4) is 0 Å². The Bertz CT molecular complexity index is 251. The van der Waals surface area contributed by atoms with Gasteiger partial charge in [0.25, 0.3) is 0 Å². The first kappa shape index (κ1) is 17.3. The van der Waals surface area contributed by atoms with Crippen LogP contribution in [-0.4, -0.2) is 25.3 Å². The molecule has 0 radical (unpaired) electrons. The molecule has 0 aliphatic rings. The van der Waals surface area contributed by atoms with Gasteiger partial charge in [-0.3, -0.25) is 9.59 Å². The lowest BCUT2D eigenvalue weighted by Gasteiger charge is -2.17. The van der Waals surface area contributed by atoms with Gasteiger partial charge in [-0.1, -0.05) is 20.8 Å². The van der Waals surface area contributed by atoms with Crippen molar-refractivity contribution in [1.82, 2.24) is 0 Å². The van der Waals surface area contributed by atoms with Gasteiger partial charge in [0.2, 0.25) is 0 Å². The molecule has 0 aromatic heterocycles. The van der Waals surface area contributed by atoms with Crippen LogP contribution >= 0.6 is 0 Å². The molecule has 0 saturated carbocycles. The molecule has 0 aromatic rings. The smallest absolute Gasteiger partial charge is 0.133 e. The molecule has 0 spiro atoms. The van der Waals surface area contributed by atoms with Crippen molar-refractivity contribution >= 4 is 11.6 Å². The molecule has 0 aliphatic carbocycles. The van der Waals surface area contributed by atoms with Crippen LogP contribution in [0.25, 0.3) is 0 Å². The monoisotopic (exact) mass is 256 g/mol. The van der Waals surface area contributed by atoms with Gasteiger partial charge in [-0.2, -0.15) is 0 Å². The van der Waals surface area contributed by atoms with E-state index in [1.807, 2.05) is 0 Å². The van der Waals surface area contributed by atoms with Crippen LogP contribution in [0.1, 0.15) is 65.7 Å². The Kier molecular flexibility index (Phi) is 8.90. The van der Waals surface area contributed by atoms with Gasteiger partial charge >= 0.3 is 0 Å². The molecule has 18 heavy (non-hydrogen) atoms. The molecule has 0 saturated heterocycles. The third-order valence-electron chi connectivity index (χ3n) is 2.87. The molecule has 0 bridgehead atoms. The van der Waals surface area contributed by atoms with Crippen molar-refractivity contribution < 1.29 is 14.3 Å². The standard InChI is InChI=1S/C15H28O3/c1-15(2,3)11-5-7-13(16)9-10-14(17)8-6-12-18-4/h5-12H2,1-4H3. The molecule has 0 unspecified atom stereocenters. The molecule has 3 heteroatoms. The van der Waals surface area contributed by atoms with Crippen LogP contribution in [0.5, 0.6) is 0 Å². The lowest BCUT2D eigenvalue weighted by Crippen LogP contribution is -2.08. The number of carbonyl (C=O) groups excluding carboxylic acids is 2. The average molecular weight is 256 g/mol. The highest BCUT2D eigenvalue weighted by Gasteiger charge is 2.12. The summed E-state index contributed by atoms with van der Waals surface area (Å²) < 4.78 is 4.88. The van der Waals surface area contributed by atoms with Crippen molar-refractivity contribution in [2.75, 3.05) is 13.7 Å². The Morgan fingerprint density at radius 2 is 1.39 bits per heavy atom. The molecule has 106 valence electrons. The van der Waals surface area contributed by atoms with E-state index in [1.54, 1.807) is 7.11 Å². The number of rotatable bonds is 10. The summed E-state index contributed by atoms with van der Waals surface area (Å²) in [7, 11) is 1.63. The highest BCUT2D eigenvalue weighted by Crippen LogP contribution is 2.21. The van der Waals surface area contributed by atoms with Gasteiger partial charge < -0.3 is 4.74 Å². The van der Waals surface area contributed by atoms with Crippen molar-refractivity contribution in [3.05, 3.63) is 0 Å². The highest BCUT2D eigenvalue weighted by atomic mass is 16.5. The summed E-state index contributed by atoms with van der Waals surface area (Å²) in [5.74, 6) is 0.399. The third-order valence-corrected chi connectivity index (χ3v) is 2.87. The van der Waals surface area contributed by atoms with Gasteiger partial charge in [0.05, 0.1) is 0 Å². The second kappa shape index (κ2) is 9.26. The van der Waals surface area contributed by atoms with Crippen molar-refractivity contribution in [3.8, 4) is 0 Å². The molecular formula is C15H28O3. The van der Waals surface area contributed by atoms with Gasteiger partial charge in [0, 0.05) is 39.4 Å². The van der Waals surface area contributed by atoms with Gasteiger partial charge in [-0.25, -0.2) is 0 Å². The summed E-state index contributed by atoms with van der Waals surface area (Å²) in [6.07, 6.45) is 4.70. The Morgan fingerprint density at radius 1 is 0.889 bits per heavy atom. The first-order chi connectivity index (χ1) is 8.35.